The van der Waals surface area contributed by atoms with Gasteiger partial charge in [0.2, 0.25) is 0 Å². The molecule has 0 heterocycles. The van der Waals surface area contributed by atoms with Crippen molar-refractivity contribution in [2.75, 3.05) is 0 Å². The van der Waals surface area contributed by atoms with Crippen LogP contribution in [0.2, 0.25) is 20.1 Å². The lowest BCUT2D eigenvalue weighted by atomic mass is 9.99. The van der Waals surface area contributed by atoms with Crippen molar-refractivity contribution in [1.82, 2.24) is 0 Å². The van der Waals surface area contributed by atoms with Crippen LogP contribution in [0, 0.1) is 0 Å². The molecule has 0 aliphatic rings. The molecule has 98 valence electrons. The molecule has 0 radical (unpaired) electrons. The minimum Gasteiger partial charge on any atom is -0.478 e. The maximum absolute atomic E-state index is 11.2. The van der Waals surface area contributed by atoms with Crippen LogP contribution in [0.4, 0.5) is 0 Å². The molecular formula is C13H6Cl4O2. The standard InChI is InChI=1S/C13H6Cl4O2/c14-8-3-1-2-7(13(18)19)10(8)6-4-5-9(15)12(17)11(6)16/h1-5H,(H,18,19). The zero-order chi connectivity index (χ0) is 14.2. The molecule has 1 N–H and O–H groups in total. The molecule has 0 fully saturated rings. The van der Waals surface area contributed by atoms with Crippen LogP contribution in [0.1, 0.15) is 10.4 Å². The predicted octanol–water partition coefficient (Wildman–Crippen LogP) is 5.67. The number of carboxylic acids is 1. The fourth-order valence-electron chi connectivity index (χ4n) is 1.70. The number of carbonyl (C=O) groups is 1. The highest BCUT2D eigenvalue weighted by Crippen LogP contribution is 2.41. The Labute approximate surface area is 129 Å². The van der Waals surface area contributed by atoms with Crippen LogP contribution in [0.3, 0.4) is 0 Å². The van der Waals surface area contributed by atoms with Gasteiger partial charge in [-0.2, -0.15) is 0 Å². The molecule has 0 saturated carbocycles. The molecule has 0 aliphatic heterocycles. The van der Waals surface area contributed by atoms with Crippen LogP contribution in [0.15, 0.2) is 30.3 Å². The largest absolute Gasteiger partial charge is 0.478 e. The number of carboxylic acid groups (broad SMARTS) is 1. The zero-order valence-electron chi connectivity index (χ0n) is 9.25. The molecule has 0 spiro atoms. The van der Waals surface area contributed by atoms with Crippen molar-refractivity contribution in [2.24, 2.45) is 0 Å². The van der Waals surface area contributed by atoms with Gasteiger partial charge in [0.05, 0.1) is 20.6 Å². The average molecular weight is 336 g/mol. The van der Waals surface area contributed by atoms with Gasteiger partial charge < -0.3 is 5.11 Å². The third-order valence-corrected chi connectivity index (χ3v) is 4.16. The quantitative estimate of drug-likeness (QED) is 0.718. The van der Waals surface area contributed by atoms with Crippen LogP contribution < -0.4 is 0 Å². The molecule has 19 heavy (non-hydrogen) atoms. The lowest BCUT2D eigenvalue weighted by Crippen LogP contribution is -2.00. The van der Waals surface area contributed by atoms with E-state index < -0.39 is 5.97 Å². The van der Waals surface area contributed by atoms with Gasteiger partial charge in [-0.25, -0.2) is 4.79 Å². The van der Waals surface area contributed by atoms with E-state index >= 15 is 0 Å². The summed E-state index contributed by atoms with van der Waals surface area (Å²) >= 11 is 24.0. The summed E-state index contributed by atoms with van der Waals surface area (Å²) in [7, 11) is 0. The van der Waals surface area contributed by atoms with E-state index in [2.05, 4.69) is 0 Å². The third kappa shape index (κ3) is 2.67. The first-order valence-corrected chi connectivity index (χ1v) is 6.60. The van der Waals surface area contributed by atoms with Crippen LogP contribution in [-0.2, 0) is 0 Å². The van der Waals surface area contributed by atoms with Gasteiger partial charge in [-0.3, -0.25) is 0 Å². The molecule has 2 aromatic carbocycles. The number of halogens is 4. The number of rotatable bonds is 2. The van der Waals surface area contributed by atoms with Gasteiger partial charge in [-0.1, -0.05) is 58.5 Å². The van der Waals surface area contributed by atoms with Crippen molar-refractivity contribution in [3.8, 4) is 11.1 Å². The van der Waals surface area contributed by atoms with E-state index in [1.54, 1.807) is 24.3 Å². The van der Waals surface area contributed by atoms with E-state index in [1.807, 2.05) is 0 Å². The molecule has 6 heteroatoms. The second kappa shape index (κ2) is 5.59. The first-order valence-electron chi connectivity index (χ1n) is 5.09. The number of hydrogen-bond donors (Lipinski definition) is 1. The molecular weight excluding hydrogens is 330 g/mol. The van der Waals surface area contributed by atoms with Crippen molar-refractivity contribution < 1.29 is 9.90 Å². The van der Waals surface area contributed by atoms with Gasteiger partial charge >= 0.3 is 5.97 Å². The smallest absolute Gasteiger partial charge is 0.336 e. The van der Waals surface area contributed by atoms with Gasteiger partial charge in [0, 0.05) is 16.1 Å². The van der Waals surface area contributed by atoms with Crippen LogP contribution in [-0.4, -0.2) is 11.1 Å². The summed E-state index contributed by atoms with van der Waals surface area (Å²) in [6, 6.07) is 7.72. The molecule has 0 unspecified atom stereocenters. The van der Waals surface area contributed by atoms with Crippen molar-refractivity contribution in [1.29, 1.82) is 0 Å². The maximum atomic E-state index is 11.2. The van der Waals surface area contributed by atoms with Gasteiger partial charge in [0.1, 0.15) is 0 Å². The van der Waals surface area contributed by atoms with Crippen molar-refractivity contribution in [3.63, 3.8) is 0 Å². The molecule has 0 saturated heterocycles. The predicted molar refractivity (Wildman–Crippen MR) is 78.9 cm³/mol. The summed E-state index contributed by atoms with van der Waals surface area (Å²) in [6.45, 7) is 0. The topological polar surface area (TPSA) is 37.3 Å². The normalized spacial score (nSPS) is 10.5. The Kier molecular flexibility index (Phi) is 4.26. The third-order valence-electron chi connectivity index (χ3n) is 2.55. The molecule has 2 aromatic rings. The summed E-state index contributed by atoms with van der Waals surface area (Å²) in [5.74, 6) is -1.10. The summed E-state index contributed by atoms with van der Waals surface area (Å²) in [4.78, 5) is 11.2. The van der Waals surface area contributed by atoms with Crippen LogP contribution >= 0.6 is 46.4 Å². The Bertz CT molecular complexity index is 668. The minimum atomic E-state index is -1.10. The van der Waals surface area contributed by atoms with E-state index in [1.165, 1.54) is 6.07 Å². The summed E-state index contributed by atoms with van der Waals surface area (Å²) in [5, 5.41) is 10.1. The van der Waals surface area contributed by atoms with E-state index in [9.17, 15) is 9.90 Å². The Balaban J connectivity index is 2.79. The summed E-state index contributed by atoms with van der Waals surface area (Å²) < 4.78 is 0. The Morgan fingerprint density at radius 3 is 2.21 bits per heavy atom. The molecule has 0 atom stereocenters. The zero-order valence-corrected chi connectivity index (χ0v) is 12.3. The first kappa shape index (κ1) is 14.5. The minimum absolute atomic E-state index is 0.0489. The van der Waals surface area contributed by atoms with Crippen molar-refractivity contribution in [3.05, 3.63) is 56.0 Å². The Morgan fingerprint density at radius 1 is 0.895 bits per heavy atom. The Hall–Kier alpha value is -0.930. The lowest BCUT2D eigenvalue weighted by molar-refractivity contribution is 0.0697. The van der Waals surface area contributed by atoms with E-state index in [-0.39, 0.29) is 20.6 Å². The Morgan fingerprint density at radius 2 is 1.58 bits per heavy atom. The van der Waals surface area contributed by atoms with E-state index in [0.29, 0.717) is 16.1 Å². The average Bonchev–Trinajstić information content (AvgIpc) is 2.37. The van der Waals surface area contributed by atoms with Crippen molar-refractivity contribution >= 4 is 52.4 Å². The van der Waals surface area contributed by atoms with Gasteiger partial charge in [0.15, 0.2) is 0 Å². The van der Waals surface area contributed by atoms with E-state index in [4.69, 9.17) is 46.4 Å². The monoisotopic (exact) mass is 334 g/mol. The fourth-order valence-corrected chi connectivity index (χ4v) is 2.60. The van der Waals surface area contributed by atoms with Crippen LogP contribution in [0.25, 0.3) is 11.1 Å². The first-order chi connectivity index (χ1) is 8.93. The lowest BCUT2D eigenvalue weighted by Gasteiger charge is -2.12. The molecule has 0 amide bonds. The number of aromatic carboxylic acids is 1. The fraction of sp³-hybridized carbons (Fsp3) is 0. The molecule has 2 nitrogen and oxygen atoms in total. The number of benzene rings is 2. The molecule has 0 aromatic heterocycles. The second-order valence-electron chi connectivity index (χ2n) is 3.69. The van der Waals surface area contributed by atoms with E-state index in [0.717, 1.165) is 0 Å². The molecule has 0 aliphatic carbocycles. The van der Waals surface area contributed by atoms with Gasteiger partial charge in [-0.15, -0.1) is 0 Å². The highest BCUT2D eigenvalue weighted by molar-refractivity contribution is 6.49. The molecule has 2 rings (SSSR count). The van der Waals surface area contributed by atoms with Gasteiger partial charge in [-0.05, 0) is 18.2 Å². The number of hydrogen-bond acceptors (Lipinski definition) is 1. The summed E-state index contributed by atoms with van der Waals surface area (Å²) in [6.07, 6.45) is 0. The van der Waals surface area contributed by atoms with Gasteiger partial charge in [0.25, 0.3) is 0 Å². The second-order valence-corrected chi connectivity index (χ2v) is 5.26. The maximum Gasteiger partial charge on any atom is 0.336 e. The summed E-state index contributed by atoms with van der Waals surface area (Å²) in [5.41, 5.74) is 0.798. The van der Waals surface area contributed by atoms with Crippen molar-refractivity contribution in [2.45, 2.75) is 0 Å². The molecule has 0 bridgehead atoms. The SMILES string of the molecule is O=C(O)c1cccc(Cl)c1-c1ccc(Cl)c(Cl)c1Cl. The highest BCUT2D eigenvalue weighted by atomic mass is 35.5. The highest BCUT2D eigenvalue weighted by Gasteiger charge is 2.19. The van der Waals surface area contributed by atoms with Crippen LogP contribution in [0.5, 0.6) is 0 Å².